The van der Waals surface area contributed by atoms with Gasteiger partial charge in [0.1, 0.15) is 5.75 Å². The predicted molar refractivity (Wildman–Crippen MR) is 139 cm³/mol. The van der Waals surface area contributed by atoms with Crippen LogP contribution in [0, 0.1) is 0 Å². The van der Waals surface area contributed by atoms with Crippen LogP contribution < -0.4 is 15.8 Å². The van der Waals surface area contributed by atoms with E-state index in [4.69, 9.17) is 22.1 Å². The van der Waals surface area contributed by atoms with Crippen molar-refractivity contribution in [3.63, 3.8) is 0 Å². The van der Waals surface area contributed by atoms with Crippen LogP contribution in [0.25, 0.3) is 32.8 Å². The number of nitrogens with zero attached hydrogens (tertiary/aromatic N) is 1. The molecule has 0 aliphatic rings. The summed E-state index contributed by atoms with van der Waals surface area (Å²) < 4.78 is 5.32. The maximum atomic E-state index is 13.0. The zero-order chi connectivity index (χ0) is 24.5. The van der Waals surface area contributed by atoms with Crippen LogP contribution in [0.1, 0.15) is 20.7 Å². The molecule has 7 heteroatoms. The molecular weight excluding hydrogens is 462 g/mol. The highest BCUT2D eigenvalue weighted by atomic mass is 35.5. The van der Waals surface area contributed by atoms with Gasteiger partial charge < -0.3 is 15.8 Å². The van der Waals surface area contributed by atoms with Gasteiger partial charge in [0.05, 0.1) is 18.2 Å². The van der Waals surface area contributed by atoms with Gasteiger partial charge in [-0.25, -0.2) is 0 Å². The molecule has 0 unspecified atom stereocenters. The van der Waals surface area contributed by atoms with E-state index in [9.17, 15) is 9.59 Å². The van der Waals surface area contributed by atoms with Gasteiger partial charge in [-0.1, -0.05) is 41.9 Å². The standard InChI is InChI=1S/C28H20ClN3O3/c1-35-26-15-25-23(14-24(26)27(30)33)21(10-11-31-25)17-8-9-20-16(12-17)4-2-7-22(20)28(34)32-19-6-3-5-18(29)13-19/h2-15H,1H3,(H2,30,33)(H,32,34). The molecule has 0 aliphatic carbocycles. The number of amides is 2. The second-order valence-corrected chi connectivity index (χ2v) is 8.43. The molecule has 172 valence electrons. The van der Waals surface area contributed by atoms with E-state index in [0.717, 1.165) is 27.3 Å². The third-order valence-electron chi connectivity index (χ3n) is 5.85. The number of carbonyl (C=O) groups is 2. The summed E-state index contributed by atoms with van der Waals surface area (Å²) in [4.78, 5) is 29.4. The number of hydrogen-bond acceptors (Lipinski definition) is 4. The number of hydrogen-bond donors (Lipinski definition) is 2. The van der Waals surface area contributed by atoms with Crippen molar-refractivity contribution in [1.82, 2.24) is 4.98 Å². The highest BCUT2D eigenvalue weighted by molar-refractivity contribution is 6.31. The Hall–Kier alpha value is -4.42. The van der Waals surface area contributed by atoms with E-state index >= 15 is 0 Å². The third kappa shape index (κ3) is 4.27. The lowest BCUT2D eigenvalue weighted by Gasteiger charge is -2.13. The number of fused-ring (bicyclic) bond motifs is 2. The lowest BCUT2D eigenvalue weighted by atomic mass is 9.95. The number of ether oxygens (including phenoxy) is 1. The van der Waals surface area contributed by atoms with Gasteiger partial charge >= 0.3 is 0 Å². The van der Waals surface area contributed by atoms with Crippen molar-refractivity contribution in [3.05, 3.63) is 101 Å². The molecule has 0 bridgehead atoms. The number of pyridine rings is 1. The summed E-state index contributed by atoms with van der Waals surface area (Å²) in [6, 6.07) is 23.8. The predicted octanol–water partition coefficient (Wildman–Crippen LogP) is 6.07. The van der Waals surface area contributed by atoms with E-state index in [1.165, 1.54) is 7.11 Å². The zero-order valence-corrected chi connectivity index (χ0v) is 19.5. The lowest BCUT2D eigenvalue weighted by molar-refractivity contribution is 0.0995. The summed E-state index contributed by atoms with van der Waals surface area (Å²) in [7, 11) is 1.49. The first kappa shape index (κ1) is 22.4. The molecule has 0 fully saturated rings. The van der Waals surface area contributed by atoms with Crippen LogP contribution in [0.15, 0.2) is 85.1 Å². The van der Waals surface area contributed by atoms with Gasteiger partial charge in [0.25, 0.3) is 11.8 Å². The quantitative estimate of drug-likeness (QED) is 0.318. The number of carbonyl (C=O) groups excluding carboxylic acids is 2. The van der Waals surface area contributed by atoms with Crippen LogP contribution in [0.4, 0.5) is 5.69 Å². The molecule has 0 aliphatic heterocycles. The van der Waals surface area contributed by atoms with E-state index < -0.39 is 5.91 Å². The molecule has 2 amide bonds. The van der Waals surface area contributed by atoms with Crippen molar-refractivity contribution < 1.29 is 14.3 Å². The van der Waals surface area contributed by atoms with Gasteiger partial charge in [0.15, 0.2) is 0 Å². The summed E-state index contributed by atoms with van der Waals surface area (Å²) in [6.07, 6.45) is 1.71. The molecule has 5 aromatic rings. The number of primary amides is 1. The van der Waals surface area contributed by atoms with E-state index in [1.54, 1.807) is 48.7 Å². The third-order valence-corrected chi connectivity index (χ3v) is 6.08. The lowest BCUT2D eigenvalue weighted by Crippen LogP contribution is -2.12. The van der Waals surface area contributed by atoms with Crippen LogP contribution in [0.3, 0.4) is 0 Å². The van der Waals surface area contributed by atoms with Crippen molar-refractivity contribution in [3.8, 4) is 16.9 Å². The second kappa shape index (κ2) is 9.08. The fourth-order valence-electron chi connectivity index (χ4n) is 4.20. The van der Waals surface area contributed by atoms with Gasteiger partial charge in [0.2, 0.25) is 0 Å². The summed E-state index contributed by atoms with van der Waals surface area (Å²) in [6.45, 7) is 0. The molecule has 4 aromatic carbocycles. The Labute approximate surface area is 206 Å². The highest BCUT2D eigenvalue weighted by Crippen LogP contribution is 2.34. The summed E-state index contributed by atoms with van der Waals surface area (Å²) in [5, 5.41) is 5.94. The Morgan fingerprint density at radius 2 is 1.74 bits per heavy atom. The average molecular weight is 482 g/mol. The largest absolute Gasteiger partial charge is 0.496 e. The zero-order valence-electron chi connectivity index (χ0n) is 18.7. The number of aromatic nitrogens is 1. The molecule has 5 rings (SSSR count). The highest BCUT2D eigenvalue weighted by Gasteiger charge is 2.15. The first-order valence-corrected chi connectivity index (χ1v) is 11.2. The van der Waals surface area contributed by atoms with Crippen LogP contribution in [0.5, 0.6) is 5.75 Å². The first-order valence-electron chi connectivity index (χ1n) is 10.8. The number of halogens is 1. The monoisotopic (exact) mass is 481 g/mol. The van der Waals surface area contributed by atoms with Crippen molar-refractivity contribution >= 4 is 50.8 Å². The Morgan fingerprint density at radius 1 is 0.914 bits per heavy atom. The Kier molecular flexibility index (Phi) is 5.81. The number of rotatable bonds is 5. The average Bonchev–Trinajstić information content (AvgIpc) is 2.86. The molecule has 0 atom stereocenters. The molecule has 1 heterocycles. The minimum Gasteiger partial charge on any atom is -0.496 e. The van der Waals surface area contributed by atoms with Crippen LogP contribution in [0.2, 0.25) is 5.02 Å². The normalized spacial score (nSPS) is 10.9. The second-order valence-electron chi connectivity index (χ2n) is 8.00. The SMILES string of the molecule is COc1cc2nccc(-c3ccc4c(C(=O)Nc5cccc(Cl)c5)cccc4c3)c2cc1C(N)=O. The molecule has 0 saturated heterocycles. The van der Waals surface area contributed by atoms with Gasteiger partial charge in [-0.05, 0) is 64.4 Å². The first-order chi connectivity index (χ1) is 16.9. The van der Waals surface area contributed by atoms with Crippen LogP contribution >= 0.6 is 11.6 Å². The number of nitrogens with one attached hydrogen (secondary N) is 1. The number of nitrogens with two attached hydrogens (primary N) is 1. The summed E-state index contributed by atoms with van der Waals surface area (Å²) in [5.41, 5.74) is 9.51. The summed E-state index contributed by atoms with van der Waals surface area (Å²) in [5.74, 6) is -0.422. The van der Waals surface area contributed by atoms with Gasteiger partial charge in [0, 0.05) is 33.9 Å². The number of methoxy groups -OCH3 is 1. The molecule has 1 aromatic heterocycles. The fourth-order valence-corrected chi connectivity index (χ4v) is 4.39. The number of anilines is 1. The minimum absolute atomic E-state index is 0.224. The molecular formula is C28H20ClN3O3. The fraction of sp³-hybridized carbons (Fsp3) is 0.0357. The summed E-state index contributed by atoms with van der Waals surface area (Å²) >= 11 is 6.04. The Morgan fingerprint density at radius 3 is 2.51 bits per heavy atom. The molecule has 3 N–H and O–H groups in total. The topological polar surface area (TPSA) is 94.3 Å². The van der Waals surface area contributed by atoms with Crippen molar-refractivity contribution in [1.29, 1.82) is 0 Å². The van der Waals surface area contributed by atoms with Gasteiger partial charge in [-0.15, -0.1) is 0 Å². The van der Waals surface area contributed by atoms with E-state index in [-0.39, 0.29) is 11.5 Å². The van der Waals surface area contributed by atoms with Crippen LogP contribution in [-0.2, 0) is 0 Å². The van der Waals surface area contributed by atoms with Gasteiger partial charge in [-0.2, -0.15) is 0 Å². The van der Waals surface area contributed by atoms with E-state index in [2.05, 4.69) is 10.3 Å². The van der Waals surface area contributed by atoms with Crippen molar-refractivity contribution in [2.24, 2.45) is 5.73 Å². The molecule has 35 heavy (non-hydrogen) atoms. The molecule has 0 saturated carbocycles. The molecule has 0 radical (unpaired) electrons. The maximum absolute atomic E-state index is 13.0. The van der Waals surface area contributed by atoms with Crippen molar-refractivity contribution in [2.75, 3.05) is 12.4 Å². The van der Waals surface area contributed by atoms with Crippen LogP contribution in [-0.4, -0.2) is 23.9 Å². The maximum Gasteiger partial charge on any atom is 0.256 e. The van der Waals surface area contributed by atoms with E-state index in [0.29, 0.717) is 27.5 Å². The Balaban J connectivity index is 1.58. The van der Waals surface area contributed by atoms with Crippen molar-refractivity contribution in [2.45, 2.75) is 0 Å². The molecule has 0 spiro atoms. The Bertz CT molecular complexity index is 1630. The number of benzene rings is 4. The minimum atomic E-state index is -0.576. The molecule has 6 nitrogen and oxygen atoms in total. The van der Waals surface area contributed by atoms with Gasteiger partial charge in [-0.3, -0.25) is 14.6 Å². The van der Waals surface area contributed by atoms with E-state index in [1.807, 2.05) is 36.4 Å². The smallest absolute Gasteiger partial charge is 0.256 e.